The molecule has 0 aromatic heterocycles. The molecule has 1 N–H and O–H groups in total. The normalized spacial score (nSPS) is 28.0. The van der Waals surface area contributed by atoms with Crippen molar-refractivity contribution in [2.24, 2.45) is 0 Å². The van der Waals surface area contributed by atoms with Crippen LogP contribution in [-0.2, 0) is 27.6 Å². The minimum Gasteiger partial charge on any atom is -0.331 e. The van der Waals surface area contributed by atoms with Crippen molar-refractivity contribution in [1.82, 2.24) is 4.90 Å². The van der Waals surface area contributed by atoms with Crippen LogP contribution in [-0.4, -0.2) is 55.9 Å². The second-order valence-corrected chi connectivity index (χ2v) is 10.4. The fourth-order valence-electron chi connectivity index (χ4n) is 4.98. The molecule has 0 bridgehead atoms. The van der Waals surface area contributed by atoms with E-state index in [2.05, 4.69) is 24.3 Å². The molecule has 1 saturated carbocycles. The molecule has 1 unspecified atom stereocenters. The van der Waals surface area contributed by atoms with Crippen molar-refractivity contribution in [3.8, 4) is 0 Å². The minimum absolute atomic E-state index is 0.105. The summed E-state index contributed by atoms with van der Waals surface area (Å²) >= 11 is 0. The Morgan fingerprint density at radius 2 is 1.81 bits per heavy atom. The summed E-state index contributed by atoms with van der Waals surface area (Å²) in [5, 5.41) is 0. The number of fused-ring (bicyclic) bond motifs is 1. The van der Waals surface area contributed by atoms with Gasteiger partial charge in [-0.3, -0.25) is 4.79 Å². The maximum absolute atomic E-state index is 13.2. The molecule has 142 valence electrons. The molecule has 4 rings (SSSR count). The summed E-state index contributed by atoms with van der Waals surface area (Å²) in [6.07, 6.45) is 5.99. The Bertz CT molecular complexity index is 771. The van der Waals surface area contributed by atoms with E-state index in [1.165, 1.54) is 16.0 Å². The Morgan fingerprint density at radius 1 is 1.08 bits per heavy atom. The maximum Gasteiger partial charge on any atom is 0.278 e. The van der Waals surface area contributed by atoms with E-state index in [1.807, 2.05) is 4.90 Å². The summed E-state index contributed by atoms with van der Waals surface area (Å²) in [6.45, 7) is 2.36. The number of carbonyl (C=O) groups is 1. The van der Waals surface area contributed by atoms with Crippen LogP contribution in [0.5, 0.6) is 0 Å². The lowest BCUT2D eigenvalue weighted by Crippen LogP contribution is -3.13. The Hall–Kier alpha value is -1.40. The zero-order valence-corrected chi connectivity index (χ0v) is 16.1. The van der Waals surface area contributed by atoms with E-state index in [-0.39, 0.29) is 29.5 Å². The molecule has 2 fully saturated rings. The molecule has 3 aliphatic rings. The van der Waals surface area contributed by atoms with Gasteiger partial charge in [0.1, 0.15) is 6.54 Å². The van der Waals surface area contributed by atoms with Crippen molar-refractivity contribution in [1.29, 1.82) is 0 Å². The van der Waals surface area contributed by atoms with Crippen LogP contribution in [0.3, 0.4) is 0 Å². The van der Waals surface area contributed by atoms with Crippen molar-refractivity contribution < 1.29 is 18.1 Å². The second kappa shape index (κ2) is 7.31. The van der Waals surface area contributed by atoms with Gasteiger partial charge in [0.25, 0.3) is 5.91 Å². The Kier molecular flexibility index (Phi) is 5.06. The number of quaternary nitrogens is 1. The van der Waals surface area contributed by atoms with E-state index in [9.17, 15) is 13.2 Å². The average Bonchev–Trinajstić information content (AvgIpc) is 3.25. The van der Waals surface area contributed by atoms with E-state index in [0.29, 0.717) is 13.0 Å². The molecule has 1 saturated heterocycles. The van der Waals surface area contributed by atoms with Gasteiger partial charge in [0.2, 0.25) is 0 Å². The quantitative estimate of drug-likeness (QED) is 0.835. The number of nitrogens with one attached hydrogen (secondary N) is 1. The molecule has 6 heteroatoms. The first-order valence-electron chi connectivity index (χ1n) is 9.94. The van der Waals surface area contributed by atoms with Crippen LogP contribution in [0.1, 0.15) is 43.2 Å². The molecule has 2 aliphatic heterocycles. The highest BCUT2D eigenvalue weighted by atomic mass is 32.2. The topological polar surface area (TPSA) is 58.9 Å². The highest BCUT2D eigenvalue weighted by Gasteiger charge is 2.40. The fraction of sp³-hybridized carbons (Fsp3) is 0.650. The predicted molar refractivity (Wildman–Crippen MR) is 101 cm³/mol. The van der Waals surface area contributed by atoms with Gasteiger partial charge in [-0.1, -0.05) is 37.1 Å². The Labute approximate surface area is 156 Å². The lowest BCUT2D eigenvalue weighted by Gasteiger charge is -2.35. The molecule has 1 aromatic carbocycles. The predicted octanol–water partition coefficient (Wildman–Crippen LogP) is 0.586. The summed E-state index contributed by atoms with van der Waals surface area (Å²) in [5.74, 6) is 0.555. The zero-order valence-electron chi connectivity index (χ0n) is 15.3. The number of hydrogen-bond acceptors (Lipinski definition) is 3. The molecular formula is C20H29N2O3S+. The highest BCUT2D eigenvalue weighted by molar-refractivity contribution is 7.91. The fourth-order valence-corrected chi connectivity index (χ4v) is 6.69. The van der Waals surface area contributed by atoms with E-state index < -0.39 is 9.84 Å². The summed E-state index contributed by atoms with van der Waals surface area (Å²) in [6, 6.07) is 8.64. The number of sulfone groups is 1. The van der Waals surface area contributed by atoms with E-state index in [0.717, 1.165) is 45.2 Å². The lowest BCUT2D eigenvalue weighted by atomic mass is 10.00. The molecule has 1 aromatic rings. The Balaban J connectivity index is 1.46. The van der Waals surface area contributed by atoms with E-state index in [1.54, 1.807) is 0 Å². The third-order valence-corrected chi connectivity index (χ3v) is 8.07. The van der Waals surface area contributed by atoms with Gasteiger partial charge in [0.05, 0.1) is 18.1 Å². The van der Waals surface area contributed by atoms with Crippen LogP contribution < -0.4 is 4.90 Å². The first-order valence-corrected chi connectivity index (χ1v) is 11.8. The second-order valence-electron chi connectivity index (χ2n) is 8.17. The summed E-state index contributed by atoms with van der Waals surface area (Å²) in [5.41, 5.74) is 2.75. The van der Waals surface area contributed by atoms with E-state index in [4.69, 9.17) is 0 Å². The first kappa shape index (κ1) is 18.0. The number of amides is 1. The summed E-state index contributed by atoms with van der Waals surface area (Å²) in [4.78, 5) is 16.5. The maximum atomic E-state index is 13.2. The largest absolute Gasteiger partial charge is 0.331 e. The van der Waals surface area contributed by atoms with Gasteiger partial charge in [-0.15, -0.1) is 0 Å². The third-order valence-electron chi connectivity index (χ3n) is 6.32. The molecule has 26 heavy (non-hydrogen) atoms. The van der Waals surface area contributed by atoms with Crippen molar-refractivity contribution >= 4 is 15.7 Å². The van der Waals surface area contributed by atoms with Gasteiger partial charge in [-0.25, -0.2) is 8.42 Å². The number of rotatable bonds is 4. The van der Waals surface area contributed by atoms with Gasteiger partial charge < -0.3 is 9.80 Å². The van der Waals surface area contributed by atoms with Crippen molar-refractivity contribution in [2.75, 3.05) is 24.6 Å². The molecule has 2 atom stereocenters. The molecule has 2 heterocycles. The number of carbonyl (C=O) groups excluding carboxylic acids is 1. The number of nitrogens with zero attached hydrogens (tertiary/aromatic N) is 1. The van der Waals surface area contributed by atoms with Crippen LogP contribution >= 0.6 is 0 Å². The third kappa shape index (κ3) is 3.81. The van der Waals surface area contributed by atoms with Crippen molar-refractivity contribution in [3.05, 3.63) is 35.4 Å². The molecule has 5 nitrogen and oxygen atoms in total. The highest BCUT2D eigenvalue weighted by Crippen LogP contribution is 2.29. The van der Waals surface area contributed by atoms with Gasteiger partial charge in [0, 0.05) is 24.1 Å². The zero-order chi connectivity index (χ0) is 18.1. The number of benzene rings is 1. The van der Waals surface area contributed by atoms with Crippen LogP contribution in [0, 0.1) is 0 Å². The van der Waals surface area contributed by atoms with Gasteiger partial charge in [-0.05, 0) is 24.8 Å². The van der Waals surface area contributed by atoms with Gasteiger partial charge >= 0.3 is 0 Å². The standard InChI is InChI=1S/C20H28N2O3S/c23-20(14-21-11-9-16-5-1-2-6-17(16)13-21)22(18-7-3-4-8-18)19-10-12-26(24,25)15-19/h1-2,5-6,18-19H,3-4,7-15H2/p+1/t19-/m1/s1. The minimum atomic E-state index is -2.98. The van der Waals surface area contributed by atoms with Crippen molar-refractivity contribution in [3.63, 3.8) is 0 Å². The van der Waals surface area contributed by atoms with Gasteiger partial charge in [0.15, 0.2) is 16.4 Å². The number of hydrogen-bond donors (Lipinski definition) is 1. The summed E-state index contributed by atoms with van der Waals surface area (Å²) in [7, 11) is -2.98. The molecule has 1 aliphatic carbocycles. The lowest BCUT2D eigenvalue weighted by molar-refractivity contribution is -0.908. The molecule has 0 spiro atoms. The summed E-state index contributed by atoms with van der Waals surface area (Å²) < 4.78 is 23.9. The van der Waals surface area contributed by atoms with Crippen LogP contribution in [0.4, 0.5) is 0 Å². The van der Waals surface area contributed by atoms with Crippen LogP contribution in [0.25, 0.3) is 0 Å². The molecule has 0 radical (unpaired) electrons. The average molecular weight is 378 g/mol. The Morgan fingerprint density at radius 3 is 2.50 bits per heavy atom. The SMILES string of the molecule is O=C(C[NH+]1CCc2ccccc2C1)N(C1CCCC1)[C@@H]1CCS(=O)(=O)C1. The molecular weight excluding hydrogens is 348 g/mol. The smallest absolute Gasteiger partial charge is 0.278 e. The van der Waals surface area contributed by atoms with E-state index >= 15 is 0 Å². The van der Waals surface area contributed by atoms with Gasteiger partial charge in [-0.2, -0.15) is 0 Å². The monoisotopic (exact) mass is 377 g/mol. The van der Waals surface area contributed by atoms with Crippen molar-refractivity contribution in [2.45, 2.75) is 57.2 Å². The first-order chi connectivity index (χ1) is 12.5. The van der Waals surface area contributed by atoms with Crippen LogP contribution in [0.15, 0.2) is 24.3 Å². The molecule has 1 amide bonds. The van der Waals surface area contributed by atoms with Crippen LogP contribution in [0.2, 0.25) is 0 Å².